The quantitative estimate of drug-likeness (QED) is 0.646. The standard InChI is InChI=1S/C10H19NO6S/c1-7(18(4,15)16)9(14)11-10(2,6-17-3)5-8(12)13/h7H,5-6H2,1-4H3,(H,11,14)(H,12,13). The van der Waals surface area contributed by atoms with Gasteiger partial charge in [0.15, 0.2) is 9.84 Å². The molecule has 106 valence electrons. The first-order valence-corrected chi connectivity index (χ1v) is 7.19. The molecule has 0 aliphatic rings. The van der Waals surface area contributed by atoms with Gasteiger partial charge in [-0.05, 0) is 13.8 Å². The summed E-state index contributed by atoms with van der Waals surface area (Å²) in [6, 6.07) is 0. The van der Waals surface area contributed by atoms with Gasteiger partial charge < -0.3 is 15.2 Å². The summed E-state index contributed by atoms with van der Waals surface area (Å²) >= 11 is 0. The van der Waals surface area contributed by atoms with Crippen LogP contribution in [0, 0.1) is 0 Å². The van der Waals surface area contributed by atoms with Gasteiger partial charge in [-0.3, -0.25) is 9.59 Å². The minimum Gasteiger partial charge on any atom is -0.481 e. The lowest BCUT2D eigenvalue weighted by atomic mass is 9.99. The molecule has 18 heavy (non-hydrogen) atoms. The van der Waals surface area contributed by atoms with Crippen LogP contribution in [0.2, 0.25) is 0 Å². The summed E-state index contributed by atoms with van der Waals surface area (Å²) in [6.45, 7) is 2.71. The van der Waals surface area contributed by atoms with Crippen molar-refractivity contribution >= 4 is 21.7 Å². The first-order valence-electron chi connectivity index (χ1n) is 5.23. The highest BCUT2D eigenvalue weighted by Gasteiger charge is 2.33. The van der Waals surface area contributed by atoms with Gasteiger partial charge in [0.05, 0.1) is 18.6 Å². The maximum atomic E-state index is 11.7. The molecule has 0 radical (unpaired) electrons. The van der Waals surface area contributed by atoms with Gasteiger partial charge in [-0.2, -0.15) is 0 Å². The molecule has 0 saturated carbocycles. The molecule has 2 N–H and O–H groups in total. The highest BCUT2D eigenvalue weighted by atomic mass is 32.2. The van der Waals surface area contributed by atoms with Crippen molar-refractivity contribution in [1.82, 2.24) is 5.32 Å². The summed E-state index contributed by atoms with van der Waals surface area (Å²) in [5, 5.41) is 9.94. The number of hydrogen-bond acceptors (Lipinski definition) is 5. The Morgan fingerprint density at radius 2 is 1.94 bits per heavy atom. The van der Waals surface area contributed by atoms with E-state index >= 15 is 0 Å². The second kappa shape index (κ2) is 6.14. The molecule has 0 aromatic heterocycles. The number of rotatable bonds is 7. The summed E-state index contributed by atoms with van der Waals surface area (Å²) < 4.78 is 27.3. The number of ether oxygens (including phenoxy) is 1. The number of amides is 1. The van der Waals surface area contributed by atoms with Gasteiger partial charge in [0, 0.05) is 13.4 Å². The van der Waals surface area contributed by atoms with Crippen LogP contribution in [0.25, 0.3) is 0 Å². The van der Waals surface area contributed by atoms with E-state index in [1.165, 1.54) is 21.0 Å². The third-order valence-corrected chi connectivity index (χ3v) is 3.94. The van der Waals surface area contributed by atoms with Crippen LogP contribution in [-0.4, -0.2) is 56.2 Å². The monoisotopic (exact) mass is 281 g/mol. The maximum absolute atomic E-state index is 11.7. The smallest absolute Gasteiger partial charge is 0.305 e. The van der Waals surface area contributed by atoms with Gasteiger partial charge in [0.25, 0.3) is 0 Å². The van der Waals surface area contributed by atoms with E-state index in [4.69, 9.17) is 9.84 Å². The van der Waals surface area contributed by atoms with Gasteiger partial charge in [0.2, 0.25) is 5.91 Å². The van der Waals surface area contributed by atoms with E-state index in [2.05, 4.69) is 5.32 Å². The van der Waals surface area contributed by atoms with Crippen molar-refractivity contribution in [3.63, 3.8) is 0 Å². The zero-order chi connectivity index (χ0) is 14.6. The summed E-state index contributed by atoms with van der Waals surface area (Å²) in [7, 11) is -2.15. The molecule has 0 spiro atoms. The molecule has 7 nitrogen and oxygen atoms in total. The van der Waals surface area contributed by atoms with Crippen LogP contribution in [0.1, 0.15) is 20.3 Å². The second-order valence-corrected chi connectivity index (χ2v) is 6.89. The molecule has 0 aliphatic carbocycles. The SMILES string of the molecule is COCC(C)(CC(=O)O)NC(=O)C(C)S(C)(=O)=O. The van der Waals surface area contributed by atoms with E-state index in [1.54, 1.807) is 0 Å². The Balaban J connectivity index is 4.89. The lowest BCUT2D eigenvalue weighted by Gasteiger charge is -2.29. The lowest BCUT2D eigenvalue weighted by molar-refractivity contribution is -0.139. The normalized spacial score (nSPS) is 16.7. The van der Waals surface area contributed by atoms with E-state index in [1.807, 2.05) is 0 Å². The summed E-state index contributed by atoms with van der Waals surface area (Å²) in [4.78, 5) is 22.4. The summed E-state index contributed by atoms with van der Waals surface area (Å²) in [5.41, 5.74) is -1.14. The van der Waals surface area contributed by atoms with Crippen molar-refractivity contribution in [2.75, 3.05) is 20.0 Å². The third kappa shape index (κ3) is 5.46. The van der Waals surface area contributed by atoms with Gasteiger partial charge in [-0.15, -0.1) is 0 Å². The highest BCUT2D eigenvalue weighted by molar-refractivity contribution is 7.92. The first-order chi connectivity index (χ1) is 8.02. The van der Waals surface area contributed by atoms with Crippen molar-refractivity contribution in [1.29, 1.82) is 0 Å². The molecule has 0 aromatic carbocycles. The fraction of sp³-hybridized carbons (Fsp3) is 0.800. The van der Waals surface area contributed by atoms with Gasteiger partial charge >= 0.3 is 5.97 Å². The molecule has 2 atom stereocenters. The van der Waals surface area contributed by atoms with Crippen molar-refractivity contribution in [3.05, 3.63) is 0 Å². The van der Waals surface area contributed by atoms with E-state index in [0.717, 1.165) is 6.26 Å². The topological polar surface area (TPSA) is 110 Å². The van der Waals surface area contributed by atoms with Crippen LogP contribution in [0.3, 0.4) is 0 Å². The van der Waals surface area contributed by atoms with Gasteiger partial charge in [-0.1, -0.05) is 0 Å². The van der Waals surface area contributed by atoms with Crippen molar-refractivity contribution in [3.8, 4) is 0 Å². The Morgan fingerprint density at radius 3 is 2.28 bits per heavy atom. The van der Waals surface area contributed by atoms with Crippen LogP contribution in [0.4, 0.5) is 0 Å². The summed E-state index contributed by atoms with van der Waals surface area (Å²) in [6.07, 6.45) is 0.588. The molecule has 0 bridgehead atoms. The van der Waals surface area contributed by atoms with Crippen LogP contribution < -0.4 is 5.32 Å². The molecule has 2 unspecified atom stereocenters. The number of sulfone groups is 1. The molecule has 1 amide bonds. The predicted octanol–water partition coefficient (Wildman–Crippen LogP) is -0.584. The summed E-state index contributed by atoms with van der Waals surface area (Å²) in [5.74, 6) is -1.85. The lowest BCUT2D eigenvalue weighted by Crippen LogP contribution is -2.54. The van der Waals surface area contributed by atoms with Gasteiger partial charge in [0.1, 0.15) is 5.25 Å². The van der Waals surface area contributed by atoms with E-state index in [9.17, 15) is 18.0 Å². The Bertz CT molecular complexity index is 418. The van der Waals surface area contributed by atoms with Crippen LogP contribution >= 0.6 is 0 Å². The number of carboxylic acids is 1. The fourth-order valence-corrected chi connectivity index (χ4v) is 1.82. The first kappa shape index (κ1) is 16.9. The van der Waals surface area contributed by atoms with Crippen LogP contribution in [-0.2, 0) is 24.2 Å². The molecule has 0 aliphatic heterocycles. The van der Waals surface area contributed by atoms with Crippen LogP contribution in [0.15, 0.2) is 0 Å². The Labute approximate surface area is 106 Å². The van der Waals surface area contributed by atoms with Gasteiger partial charge in [-0.25, -0.2) is 8.42 Å². The number of aliphatic carboxylic acids is 1. The van der Waals surface area contributed by atoms with E-state index in [0.29, 0.717) is 0 Å². The minimum absolute atomic E-state index is 0.0263. The Kier molecular flexibility index (Phi) is 5.75. The third-order valence-electron chi connectivity index (χ3n) is 2.44. The molecule has 0 aromatic rings. The fourth-order valence-electron chi connectivity index (χ4n) is 1.38. The largest absolute Gasteiger partial charge is 0.481 e. The highest BCUT2D eigenvalue weighted by Crippen LogP contribution is 2.12. The second-order valence-electron chi connectivity index (χ2n) is 4.53. The molecule has 0 rings (SSSR count). The minimum atomic E-state index is -3.52. The molecule has 0 saturated heterocycles. The Hall–Kier alpha value is -1.15. The van der Waals surface area contributed by atoms with Crippen LogP contribution in [0.5, 0.6) is 0 Å². The van der Waals surface area contributed by atoms with Crippen molar-refractivity contribution in [2.45, 2.75) is 31.1 Å². The maximum Gasteiger partial charge on any atom is 0.305 e. The molecule has 0 heterocycles. The average molecular weight is 281 g/mol. The zero-order valence-corrected chi connectivity index (χ0v) is 11.7. The number of methoxy groups -OCH3 is 1. The molecule has 0 fully saturated rings. The van der Waals surface area contributed by atoms with E-state index < -0.39 is 32.5 Å². The number of carboxylic acid groups (broad SMARTS) is 1. The molecular weight excluding hydrogens is 262 g/mol. The predicted molar refractivity (Wildman–Crippen MR) is 65.0 cm³/mol. The molecular formula is C10H19NO6S. The number of carbonyl (C=O) groups excluding carboxylic acids is 1. The van der Waals surface area contributed by atoms with Crippen molar-refractivity contribution in [2.24, 2.45) is 0 Å². The number of carbonyl (C=O) groups is 2. The Morgan fingerprint density at radius 1 is 1.44 bits per heavy atom. The number of hydrogen-bond donors (Lipinski definition) is 2. The van der Waals surface area contributed by atoms with Crippen molar-refractivity contribution < 1.29 is 27.9 Å². The van der Waals surface area contributed by atoms with E-state index in [-0.39, 0.29) is 13.0 Å². The average Bonchev–Trinajstić information content (AvgIpc) is 2.13. The number of nitrogens with one attached hydrogen (secondary N) is 1. The molecule has 8 heteroatoms. The zero-order valence-electron chi connectivity index (χ0n) is 10.9.